The lowest BCUT2D eigenvalue weighted by atomic mass is 9.99. The fourth-order valence-corrected chi connectivity index (χ4v) is 2.48. The molecule has 0 aliphatic heterocycles. The van der Waals surface area contributed by atoms with Crippen molar-refractivity contribution in [3.05, 3.63) is 35.0 Å². The van der Waals surface area contributed by atoms with Crippen molar-refractivity contribution >= 4 is 28.5 Å². The minimum atomic E-state index is -1.20. The van der Waals surface area contributed by atoms with Gasteiger partial charge in [-0.1, -0.05) is 19.1 Å². The number of fused-ring (bicyclic) bond motifs is 1. The van der Waals surface area contributed by atoms with Crippen molar-refractivity contribution < 1.29 is 19.4 Å². The van der Waals surface area contributed by atoms with Crippen LogP contribution in [0.15, 0.2) is 18.2 Å². The highest BCUT2D eigenvalue weighted by molar-refractivity contribution is 6.06. The van der Waals surface area contributed by atoms with Crippen LogP contribution in [0.1, 0.15) is 35.5 Å². The average molecular weight is 302 g/mol. The first-order chi connectivity index (χ1) is 10.5. The van der Waals surface area contributed by atoms with Crippen molar-refractivity contribution in [3.8, 4) is 0 Å². The number of rotatable bonds is 5. The summed E-state index contributed by atoms with van der Waals surface area (Å²) in [5.74, 6) is -1.72. The number of ether oxygens (including phenoxy) is 1. The van der Waals surface area contributed by atoms with Gasteiger partial charge in [-0.2, -0.15) is 0 Å². The summed E-state index contributed by atoms with van der Waals surface area (Å²) >= 11 is 0. The number of anilines is 1. The number of carbonyl (C=O) groups excluding carboxylic acids is 1. The van der Waals surface area contributed by atoms with Crippen LogP contribution < -0.4 is 5.73 Å². The molecule has 0 aliphatic carbocycles. The normalized spacial score (nSPS) is 10.6. The zero-order chi connectivity index (χ0) is 16.3. The van der Waals surface area contributed by atoms with Crippen molar-refractivity contribution in [3.63, 3.8) is 0 Å². The Bertz CT molecular complexity index is 740. The minimum absolute atomic E-state index is 0.124. The van der Waals surface area contributed by atoms with Crippen LogP contribution in [0.2, 0.25) is 0 Å². The maximum absolute atomic E-state index is 11.7. The molecule has 1 aromatic carbocycles. The predicted molar refractivity (Wildman–Crippen MR) is 82.8 cm³/mol. The van der Waals surface area contributed by atoms with Gasteiger partial charge in [-0.3, -0.25) is 9.78 Å². The third-order valence-electron chi connectivity index (χ3n) is 3.42. The van der Waals surface area contributed by atoms with Gasteiger partial charge in [0.2, 0.25) is 0 Å². The number of hydrogen-bond acceptors (Lipinski definition) is 5. The van der Waals surface area contributed by atoms with E-state index < -0.39 is 11.9 Å². The second-order valence-electron chi connectivity index (χ2n) is 4.80. The molecule has 0 amide bonds. The van der Waals surface area contributed by atoms with E-state index in [-0.39, 0.29) is 30.0 Å². The quantitative estimate of drug-likeness (QED) is 0.821. The number of carboxylic acid groups (broad SMARTS) is 1. The van der Waals surface area contributed by atoms with Gasteiger partial charge in [-0.15, -0.1) is 0 Å². The predicted octanol–water partition coefficient (Wildman–Crippen LogP) is 2.18. The van der Waals surface area contributed by atoms with Crippen LogP contribution in [0.3, 0.4) is 0 Å². The third-order valence-corrected chi connectivity index (χ3v) is 3.42. The zero-order valence-electron chi connectivity index (χ0n) is 12.5. The standard InChI is InChI=1S/C16H18N2O4/c1-3-9-6-5-7-10-13(9)15(17)14(16(20)21)11(18-10)8-12(19)22-4-2/h5-7H,3-4,8H2,1-2H3,(H2,17,18)(H,20,21). The van der Waals surface area contributed by atoms with Gasteiger partial charge in [0.15, 0.2) is 0 Å². The minimum Gasteiger partial charge on any atom is -0.478 e. The third kappa shape index (κ3) is 2.86. The largest absolute Gasteiger partial charge is 0.478 e. The molecule has 0 radical (unpaired) electrons. The summed E-state index contributed by atoms with van der Waals surface area (Å²) in [6.45, 7) is 3.87. The molecule has 6 nitrogen and oxygen atoms in total. The van der Waals surface area contributed by atoms with E-state index in [9.17, 15) is 14.7 Å². The van der Waals surface area contributed by atoms with E-state index in [1.54, 1.807) is 13.0 Å². The van der Waals surface area contributed by atoms with Gasteiger partial charge in [-0.05, 0) is 25.0 Å². The molecular formula is C16H18N2O4. The molecular weight excluding hydrogens is 284 g/mol. The summed E-state index contributed by atoms with van der Waals surface area (Å²) in [5.41, 5.74) is 7.73. The number of aromatic carboxylic acids is 1. The number of carbonyl (C=O) groups is 2. The number of carboxylic acids is 1. The fraction of sp³-hybridized carbons (Fsp3) is 0.312. The maximum Gasteiger partial charge on any atom is 0.339 e. The summed E-state index contributed by atoms with van der Waals surface area (Å²) in [4.78, 5) is 27.5. The number of esters is 1. The molecule has 2 aromatic rings. The summed E-state index contributed by atoms with van der Waals surface area (Å²) in [6, 6.07) is 5.48. The highest BCUT2D eigenvalue weighted by Crippen LogP contribution is 2.29. The topological polar surface area (TPSA) is 103 Å². The number of nitrogens with two attached hydrogens (primary N) is 1. The summed E-state index contributed by atoms with van der Waals surface area (Å²) < 4.78 is 4.86. The molecule has 0 bridgehead atoms. The highest BCUT2D eigenvalue weighted by atomic mass is 16.5. The summed E-state index contributed by atoms with van der Waals surface area (Å²) in [6.07, 6.45) is 0.492. The van der Waals surface area contributed by atoms with E-state index in [4.69, 9.17) is 10.5 Å². The summed E-state index contributed by atoms with van der Waals surface area (Å²) in [5, 5.41) is 10.1. The monoisotopic (exact) mass is 302 g/mol. The average Bonchev–Trinajstić information content (AvgIpc) is 2.46. The highest BCUT2D eigenvalue weighted by Gasteiger charge is 2.22. The molecule has 6 heteroatoms. The first kappa shape index (κ1) is 15.8. The van der Waals surface area contributed by atoms with Gasteiger partial charge >= 0.3 is 11.9 Å². The lowest BCUT2D eigenvalue weighted by Crippen LogP contribution is -2.16. The Labute approximate surface area is 127 Å². The van der Waals surface area contributed by atoms with Gasteiger partial charge in [0.1, 0.15) is 5.56 Å². The molecule has 1 heterocycles. The van der Waals surface area contributed by atoms with E-state index in [1.165, 1.54) is 0 Å². The van der Waals surface area contributed by atoms with Crippen LogP contribution in [-0.4, -0.2) is 28.6 Å². The van der Waals surface area contributed by atoms with Gasteiger partial charge in [0.25, 0.3) is 0 Å². The van der Waals surface area contributed by atoms with Gasteiger partial charge < -0.3 is 15.6 Å². The second kappa shape index (κ2) is 6.43. The van der Waals surface area contributed by atoms with Crippen LogP contribution in [0, 0.1) is 0 Å². The van der Waals surface area contributed by atoms with E-state index in [1.807, 2.05) is 19.1 Å². The van der Waals surface area contributed by atoms with E-state index in [0.717, 1.165) is 5.56 Å². The molecule has 0 aliphatic rings. The summed E-state index contributed by atoms with van der Waals surface area (Å²) in [7, 11) is 0. The van der Waals surface area contributed by atoms with E-state index in [2.05, 4.69) is 4.98 Å². The van der Waals surface area contributed by atoms with E-state index >= 15 is 0 Å². The molecule has 0 atom stereocenters. The second-order valence-corrected chi connectivity index (χ2v) is 4.80. The van der Waals surface area contributed by atoms with Crippen LogP contribution in [-0.2, 0) is 22.4 Å². The Morgan fingerprint density at radius 3 is 2.64 bits per heavy atom. The Balaban J connectivity index is 2.68. The SMILES string of the molecule is CCOC(=O)Cc1nc2cccc(CC)c2c(N)c1C(=O)O. The Kier molecular flexibility index (Phi) is 4.60. The molecule has 3 N–H and O–H groups in total. The molecule has 0 spiro atoms. The number of aromatic nitrogens is 1. The Morgan fingerprint density at radius 2 is 2.05 bits per heavy atom. The number of pyridine rings is 1. The first-order valence-electron chi connectivity index (χ1n) is 7.08. The Hall–Kier alpha value is -2.63. The van der Waals surface area contributed by atoms with Crippen LogP contribution >= 0.6 is 0 Å². The van der Waals surface area contributed by atoms with Gasteiger partial charge in [-0.25, -0.2) is 4.79 Å². The van der Waals surface area contributed by atoms with E-state index in [0.29, 0.717) is 17.3 Å². The molecule has 0 fully saturated rings. The number of aryl methyl sites for hydroxylation is 1. The number of benzene rings is 1. The van der Waals surface area contributed by atoms with Crippen LogP contribution in [0.4, 0.5) is 5.69 Å². The van der Waals surface area contributed by atoms with Crippen molar-refractivity contribution in [2.75, 3.05) is 12.3 Å². The van der Waals surface area contributed by atoms with Crippen LogP contribution in [0.25, 0.3) is 10.9 Å². The zero-order valence-corrected chi connectivity index (χ0v) is 12.5. The first-order valence-corrected chi connectivity index (χ1v) is 7.08. The van der Waals surface area contributed by atoms with Crippen LogP contribution in [0.5, 0.6) is 0 Å². The van der Waals surface area contributed by atoms with Gasteiger partial charge in [0, 0.05) is 5.39 Å². The Morgan fingerprint density at radius 1 is 1.32 bits per heavy atom. The number of nitrogen functional groups attached to an aromatic ring is 1. The molecule has 0 unspecified atom stereocenters. The molecule has 2 rings (SSSR count). The maximum atomic E-state index is 11.7. The molecule has 1 aromatic heterocycles. The molecule has 0 saturated carbocycles. The van der Waals surface area contributed by atoms with Gasteiger partial charge in [0.05, 0.1) is 29.9 Å². The van der Waals surface area contributed by atoms with Crippen molar-refractivity contribution in [2.45, 2.75) is 26.7 Å². The molecule has 0 saturated heterocycles. The molecule has 22 heavy (non-hydrogen) atoms. The van der Waals surface area contributed by atoms with Crippen molar-refractivity contribution in [1.29, 1.82) is 0 Å². The van der Waals surface area contributed by atoms with Crippen molar-refractivity contribution in [1.82, 2.24) is 4.98 Å². The molecule has 116 valence electrons. The fourth-order valence-electron chi connectivity index (χ4n) is 2.48. The van der Waals surface area contributed by atoms with Crippen molar-refractivity contribution in [2.24, 2.45) is 0 Å². The lowest BCUT2D eigenvalue weighted by Gasteiger charge is -2.13. The smallest absolute Gasteiger partial charge is 0.339 e. The number of nitrogens with zero attached hydrogens (tertiary/aromatic N) is 1. The number of hydrogen-bond donors (Lipinski definition) is 2. The lowest BCUT2D eigenvalue weighted by molar-refractivity contribution is -0.142.